The monoisotopic (exact) mass is 327 g/mol. The molecule has 0 aliphatic heterocycles. The zero-order valence-electron chi connectivity index (χ0n) is 9.88. The Morgan fingerprint density at radius 1 is 1.40 bits per heavy atom. The summed E-state index contributed by atoms with van der Waals surface area (Å²) in [6, 6.07) is 0. The summed E-state index contributed by atoms with van der Waals surface area (Å²) in [4.78, 5) is 13.3. The molecule has 0 heterocycles. The van der Waals surface area contributed by atoms with Gasteiger partial charge in [-0.05, 0) is 23.7 Å². The maximum atomic E-state index is 11.3. The van der Waals surface area contributed by atoms with Gasteiger partial charge in [-0.1, -0.05) is 43.0 Å². The van der Waals surface area contributed by atoms with E-state index in [4.69, 9.17) is 10.5 Å². The van der Waals surface area contributed by atoms with Crippen LogP contribution >= 0.6 is 22.6 Å². The average Bonchev–Trinajstić information content (AvgIpc) is 2.30. The average molecular weight is 327 g/mol. The smallest absolute Gasteiger partial charge is 0.333 e. The fourth-order valence-electron chi connectivity index (χ4n) is 1.19. The summed E-state index contributed by atoms with van der Waals surface area (Å²) in [7, 11) is 0. The zero-order valence-corrected chi connectivity index (χ0v) is 12.0. The summed E-state index contributed by atoms with van der Waals surface area (Å²) >= 11 is 2.15. The third kappa shape index (κ3) is 7.79. The predicted octanol–water partition coefficient (Wildman–Crippen LogP) is 2.53. The summed E-state index contributed by atoms with van der Waals surface area (Å²) in [5.74, 6) is -0.0653. The molecule has 0 aromatic heterocycles. The van der Waals surface area contributed by atoms with Gasteiger partial charge in [-0.15, -0.1) is 0 Å². The normalized spacial score (nSPS) is 9.20. The van der Waals surface area contributed by atoms with Crippen LogP contribution in [0, 0.1) is 5.92 Å². The second-order valence-electron chi connectivity index (χ2n) is 2.96. The molecule has 15 heavy (non-hydrogen) atoms. The van der Waals surface area contributed by atoms with Crippen LogP contribution in [0.5, 0.6) is 0 Å². The molecular formula is C11H22INO2. The van der Waals surface area contributed by atoms with Gasteiger partial charge in [-0.25, -0.2) is 4.79 Å². The molecule has 0 aliphatic rings. The maximum absolute atomic E-state index is 11.3. The van der Waals surface area contributed by atoms with E-state index in [-0.39, 0.29) is 18.5 Å². The van der Waals surface area contributed by atoms with E-state index in [9.17, 15) is 4.79 Å². The Morgan fingerprint density at radius 3 is 2.20 bits per heavy atom. The van der Waals surface area contributed by atoms with Crippen molar-refractivity contribution in [3.8, 4) is 0 Å². The van der Waals surface area contributed by atoms with Gasteiger partial charge in [-0.2, -0.15) is 0 Å². The van der Waals surface area contributed by atoms with Crippen molar-refractivity contribution in [2.24, 2.45) is 11.7 Å². The predicted molar refractivity (Wildman–Crippen MR) is 73.2 cm³/mol. The Morgan fingerprint density at radius 2 is 1.87 bits per heavy atom. The van der Waals surface area contributed by atoms with Gasteiger partial charge in [0.15, 0.2) is 0 Å². The number of hydrogen-bond acceptors (Lipinski definition) is 3. The molecule has 3 nitrogen and oxygen atoms in total. The molecular weight excluding hydrogens is 305 g/mol. The Balaban J connectivity index is 0. The Bertz CT molecular complexity index is 179. The van der Waals surface area contributed by atoms with Gasteiger partial charge in [0.25, 0.3) is 0 Å². The molecule has 0 saturated heterocycles. The van der Waals surface area contributed by atoms with E-state index >= 15 is 0 Å². The first-order valence-corrected chi connectivity index (χ1v) is 7.26. The molecule has 0 spiro atoms. The lowest BCUT2D eigenvalue weighted by atomic mass is 9.95. The molecule has 2 N–H and O–H groups in total. The van der Waals surface area contributed by atoms with Crippen molar-refractivity contribution in [2.75, 3.05) is 18.1 Å². The summed E-state index contributed by atoms with van der Waals surface area (Å²) < 4.78 is 4.87. The fourth-order valence-corrected chi connectivity index (χ4v) is 1.19. The van der Waals surface area contributed by atoms with Gasteiger partial charge in [0.2, 0.25) is 0 Å². The molecule has 0 aromatic carbocycles. The first-order chi connectivity index (χ1) is 7.17. The SMILES string of the molecule is C=C(C(=O)OCCN)C(CC)CC.CI. The van der Waals surface area contributed by atoms with Gasteiger partial charge >= 0.3 is 5.97 Å². The van der Waals surface area contributed by atoms with Crippen LogP contribution in [0.4, 0.5) is 0 Å². The molecule has 0 amide bonds. The van der Waals surface area contributed by atoms with E-state index in [1.165, 1.54) is 0 Å². The van der Waals surface area contributed by atoms with Crippen molar-refractivity contribution >= 4 is 28.6 Å². The number of nitrogens with two attached hydrogens (primary N) is 1. The van der Waals surface area contributed by atoms with Crippen LogP contribution in [-0.4, -0.2) is 24.1 Å². The lowest BCUT2D eigenvalue weighted by Gasteiger charge is -2.14. The molecule has 0 unspecified atom stereocenters. The summed E-state index contributed by atoms with van der Waals surface area (Å²) in [5, 5.41) is 0. The number of esters is 1. The highest BCUT2D eigenvalue weighted by Crippen LogP contribution is 2.17. The van der Waals surface area contributed by atoms with Gasteiger partial charge in [0.05, 0.1) is 0 Å². The van der Waals surface area contributed by atoms with Crippen LogP contribution < -0.4 is 5.73 Å². The minimum atomic E-state index is -0.306. The highest BCUT2D eigenvalue weighted by molar-refractivity contribution is 14.1. The van der Waals surface area contributed by atoms with Crippen molar-refractivity contribution in [1.82, 2.24) is 0 Å². The quantitative estimate of drug-likeness (QED) is 0.353. The highest BCUT2D eigenvalue weighted by Gasteiger charge is 2.16. The molecule has 0 radical (unpaired) electrons. The van der Waals surface area contributed by atoms with Gasteiger partial charge in [0.1, 0.15) is 6.61 Å². The van der Waals surface area contributed by atoms with E-state index < -0.39 is 0 Å². The number of carbonyl (C=O) groups is 1. The summed E-state index contributed by atoms with van der Waals surface area (Å²) in [6.07, 6.45) is 1.85. The lowest BCUT2D eigenvalue weighted by Crippen LogP contribution is -2.18. The second-order valence-corrected chi connectivity index (χ2v) is 2.96. The van der Waals surface area contributed by atoms with Gasteiger partial charge in [0, 0.05) is 12.1 Å². The van der Waals surface area contributed by atoms with Crippen LogP contribution in [-0.2, 0) is 9.53 Å². The van der Waals surface area contributed by atoms with E-state index in [0.717, 1.165) is 12.8 Å². The standard InChI is InChI=1S/C10H19NO2.CH3I/c1-4-9(5-2)8(3)10(12)13-7-6-11;1-2/h9H,3-7,11H2,1-2H3;1H3. The number of ether oxygens (including phenoxy) is 1. The molecule has 0 saturated carbocycles. The fraction of sp³-hybridized carbons (Fsp3) is 0.727. The molecule has 0 bridgehead atoms. The molecule has 90 valence electrons. The first-order valence-electron chi connectivity index (χ1n) is 5.11. The Labute approximate surface area is 107 Å². The largest absolute Gasteiger partial charge is 0.461 e. The number of rotatable bonds is 6. The third-order valence-corrected chi connectivity index (χ3v) is 2.09. The second kappa shape index (κ2) is 12.0. The van der Waals surface area contributed by atoms with Crippen LogP contribution in [0.2, 0.25) is 0 Å². The third-order valence-electron chi connectivity index (χ3n) is 2.09. The van der Waals surface area contributed by atoms with Crippen LogP contribution in [0.3, 0.4) is 0 Å². The first kappa shape index (κ1) is 17.3. The minimum absolute atomic E-state index is 0.241. The number of hydrogen-bond donors (Lipinski definition) is 1. The van der Waals surface area contributed by atoms with Crippen molar-refractivity contribution < 1.29 is 9.53 Å². The van der Waals surface area contributed by atoms with Crippen molar-refractivity contribution in [2.45, 2.75) is 26.7 Å². The van der Waals surface area contributed by atoms with Crippen LogP contribution in [0.15, 0.2) is 12.2 Å². The Hall–Kier alpha value is -0.100. The molecule has 4 heteroatoms. The molecule has 0 fully saturated rings. The molecule has 0 atom stereocenters. The zero-order chi connectivity index (χ0) is 12.3. The van der Waals surface area contributed by atoms with E-state index in [0.29, 0.717) is 12.1 Å². The van der Waals surface area contributed by atoms with E-state index in [1.807, 2.05) is 18.8 Å². The Kier molecular flexibility index (Phi) is 13.8. The highest BCUT2D eigenvalue weighted by atomic mass is 127. The van der Waals surface area contributed by atoms with Crippen molar-refractivity contribution in [3.63, 3.8) is 0 Å². The van der Waals surface area contributed by atoms with E-state index in [2.05, 4.69) is 29.2 Å². The van der Waals surface area contributed by atoms with E-state index in [1.54, 1.807) is 0 Å². The van der Waals surface area contributed by atoms with Crippen molar-refractivity contribution in [1.29, 1.82) is 0 Å². The van der Waals surface area contributed by atoms with Crippen LogP contribution in [0.25, 0.3) is 0 Å². The van der Waals surface area contributed by atoms with Gasteiger partial charge < -0.3 is 10.5 Å². The molecule has 0 aromatic rings. The van der Waals surface area contributed by atoms with Gasteiger partial charge in [-0.3, -0.25) is 0 Å². The summed E-state index contributed by atoms with van der Waals surface area (Å²) in [5.41, 5.74) is 5.78. The molecule has 0 aliphatic carbocycles. The van der Waals surface area contributed by atoms with Crippen LogP contribution in [0.1, 0.15) is 26.7 Å². The summed E-state index contributed by atoms with van der Waals surface area (Å²) in [6.45, 7) is 8.45. The van der Waals surface area contributed by atoms with Crippen molar-refractivity contribution in [3.05, 3.63) is 12.2 Å². The lowest BCUT2D eigenvalue weighted by molar-refractivity contribution is -0.139. The maximum Gasteiger partial charge on any atom is 0.333 e. The molecule has 0 rings (SSSR count). The number of carbonyl (C=O) groups excluding carboxylic acids is 1. The number of alkyl halides is 1. The number of halogens is 1. The minimum Gasteiger partial charge on any atom is -0.461 e. The topological polar surface area (TPSA) is 52.3 Å².